The number of aromatic amines is 1. The fraction of sp³-hybridized carbons (Fsp3) is 0.440. The minimum absolute atomic E-state index is 0.0482. The standard InChI is InChI=1S/C25H27ClFN5O2/c26-22-11-30-24-20(22)9-17(10-29-24)16-7-15-1-4-32(25(33)31-5-2-18(27)12-31)13-21(15)19(8-16)23-14-34-6-3-28-23/h7-11,18,23,28H,1-6,12-14H2,(H,29,30)/t18-,23-/m0/s1. The van der Waals surface area contributed by atoms with Crippen LogP contribution in [0.2, 0.25) is 5.02 Å². The van der Waals surface area contributed by atoms with E-state index in [0.717, 1.165) is 46.3 Å². The van der Waals surface area contributed by atoms with Crippen molar-refractivity contribution in [3.05, 3.63) is 52.3 Å². The van der Waals surface area contributed by atoms with Crippen LogP contribution in [-0.2, 0) is 17.7 Å². The summed E-state index contributed by atoms with van der Waals surface area (Å²) in [6.45, 7) is 3.89. The second kappa shape index (κ2) is 8.83. The molecule has 2 atom stereocenters. The number of morpholine rings is 1. The van der Waals surface area contributed by atoms with Gasteiger partial charge in [0.15, 0.2) is 0 Å². The number of carbonyl (C=O) groups is 1. The minimum Gasteiger partial charge on any atom is -0.378 e. The summed E-state index contributed by atoms with van der Waals surface area (Å²) in [6.07, 6.45) is 3.88. The first-order valence-electron chi connectivity index (χ1n) is 11.8. The maximum atomic E-state index is 13.7. The minimum atomic E-state index is -0.915. The Morgan fingerprint density at radius 1 is 1.21 bits per heavy atom. The van der Waals surface area contributed by atoms with Gasteiger partial charge in [-0.05, 0) is 47.2 Å². The lowest BCUT2D eigenvalue weighted by Crippen LogP contribution is -2.45. The Bertz CT molecular complexity index is 1240. The number of nitrogens with one attached hydrogen (secondary N) is 2. The number of amides is 2. The number of aromatic nitrogens is 2. The lowest BCUT2D eigenvalue weighted by Gasteiger charge is -2.35. The Hall–Kier alpha value is -2.68. The molecule has 9 heteroatoms. The van der Waals surface area contributed by atoms with Crippen molar-refractivity contribution in [1.29, 1.82) is 0 Å². The third kappa shape index (κ3) is 3.93. The van der Waals surface area contributed by atoms with Crippen LogP contribution >= 0.6 is 11.6 Å². The molecule has 34 heavy (non-hydrogen) atoms. The first kappa shape index (κ1) is 21.8. The van der Waals surface area contributed by atoms with Gasteiger partial charge >= 0.3 is 6.03 Å². The van der Waals surface area contributed by atoms with E-state index in [4.69, 9.17) is 16.3 Å². The van der Waals surface area contributed by atoms with Crippen LogP contribution in [0.1, 0.15) is 29.2 Å². The van der Waals surface area contributed by atoms with Crippen LogP contribution in [0.3, 0.4) is 0 Å². The van der Waals surface area contributed by atoms with Gasteiger partial charge in [-0.2, -0.15) is 0 Å². The van der Waals surface area contributed by atoms with E-state index in [1.165, 1.54) is 5.56 Å². The quantitative estimate of drug-likeness (QED) is 0.576. The molecule has 5 heterocycles. The zero-order valence-electron chi connectivity index (χ0n) is 18.8. The Kier molecular flexibility index (Phi) is 5.67. The number of rotatable bonds is 2. The molecule has 7 nitrogen and oxygen atoms in total. The van der Waals surface area contributed by atoms with Crippen molar-refractivity contribution in [2.45, 2.75) is 31.6 Å². The SMILES string of the molecule is O=C(N1CCc2cc(-c3cnc4[nH]cc(Cl)c4c3)cc([C@@H]3COCCN3)c2C1)N1CC[C@H](F)C1. The normalized spacial score (nSPS) is 22.9. The summed E-state index contributed by atoms with van der Waals surface area (Å²) in [5.41, 5.74) is 6.38. The predicted octanol–water partition coefficient (Wildman–Crippen LogP) is 4.07. The summed E-state index contributed by atoms with van der Waals surface area (Å²) >= 11 is 6.35. The van der Waals surface area contributed by atoms with Gasteiger partial charge in [-0.1, -0.05) is 17.7 Å². The molecule has 3 aliphatic rings. The highest BCUT2D eigenvalue weighted by Crippen LogP contribution is 2.35. The Labute approximate surface area is 202 Å². The van der Waals surface area contributed by atoms with E-state index in [9.17, 15) is 9.18 Å². The molecule has 6 rings (SSSR count). The van der Waals surface area contributed by atoms with Gasteiger partial charge in [-0.15, -0.1) is 0 Å². The number of ether oxygens (including phenoxy) is 1. The van der Waals surface area contributed by atoms with Gasteiger partial charge < -0.3 is 24.8 Å². The number of pyridine rings is 1. The molecule has 3 aliphatic heterocycles. The molecule has 0 aliphatic carbocycles. The monoisotopic (exact) mass is 483 g/mol. The van der Waals surface area contributed by atoms with Crippen LogP contribution in [-0.4, -0.2) is 71.4 Å². The van der Waals surface area contributed by atoms with Crippen LogP contribution in [0.5, 0.6) is 0 Å². The fourth-order valence-electron chi connectivity index (χ4n) is 5.32. The smallest absolute Gasteiger partial charge is 0.320 e. The highest BCUT2D eigenvalue weighted by atomic mass is 35.5. The van der Waals surface area contributed by atoms with E-state index in [1.54, 1.807) is 11.1 Å². The average Bonchev–Trinajstić information content (AvgIpc) is 3.48. The summed E-state index contributed by atoms with van der Waals surface area (Å²) in [4.78, 5) is 24.2. The molecule has 2 amide bonds. The largest absolute Gasteiger partial charge is 0.378 e. The lowest BCUT2D eigenvalue weighted by atomic mass is 9.87. The molecule has 0 spiro atoms. The third-order valence-electron chi connectivity index (χ3n) is 7.16. The van der Waals surface area contributed by atoms with Crippen molar-refractivity contribution in [2.24, 2.45) is 0 Å². The topological polar surface area (TPSA) is 73.5 Å². The van der Waals surface area contributed by atoms with Gasteiger partial charge in [-0.3, -0.25) is 0 Å². The fourth-order valence-corrected chi connectivity index (χ4v) is 5.52. The number of nitrogens with zero attached hydrogens (tertiary/aromatic N) is 3. The first-order valence-corrected chi connectivity index (χ1v) is 12.2. The maximum Gasteiger partial charge on any atom is 0.320 e. The summed E-state index contributed by atoms with van der Waals surface area (Å²) < 4.78 is 19.5. The summed E-state index contributed by atoms with van der Waals surface area (Å²) in [5, 5.41) is 5.12. The third-order valence-corrected chi connectivity index (χ3v) is 7.47. The zero-order valence-corrected chi connectivity index (χ0v) is 19.6. The van der Waals surface area contributed by atoms with E-state index in [0.29, 0.717) is 44.3 Å². The van der Waals surface area contributed by atoms with Crippen molar-refractivity contribution in [1.82, 2.24) is 25.1 Å². The van der Waals surface area contributed by atoms with Crippen molar-refractivity contribution >= 4 is 28.7 Å². The molecule has 178 valence electrons. The molecule has 2 aromatic heterocycles. The van der Waals surface area contributed by atoms with Crippen molar-refractivity contribution in [3.8, 4) is 11.1 Å². The Balaban J connectivity index is 1.37. The highest BCUT2D eigenvalue weighted by Gasteiger charge is 2.33. The number of halogens is 2. The maximum absolute atomic E-state index is 13.7. The number of H-pyrrole nitrogens is 1. The molecule has 2 saturated heterocycles. The summed E-state index contributed by atoms with van der Waals surface area (Å²) in [5.74, 6) is 0. The first-order chi connectivity index (χ1) is 16.6. The molecular weight excluding hydrogens is 457 g/mol. The highest BCUT2D eigenvalue weighted by molar-refractivity contribution is 6.35. The zero-order chi connectivity index (χ0) is 23.2. The predicted molar refractivity (Wildman–Crippen MR) is 129 cm³/mol. The number of fused-ring (bicyclic) bond motifs is 2. The molecule has 1 aromatic carbocycles. The van der Waals surface area contributed by atoms with Gasteiger partial charge in [0.05, 0.1) is 30.8 Å². The molecule has 0 unspecified atom stereocenters. The van der Waals surface area contributed by atoms with Crippen molar-refractivity contribution in [2.75, 3.05) is 39.4 Å². The molecule has 2 fully saturated rings. The summed E-state index contributed by atoms with van der Waals surface area (Å²) in [6, 6.07) is 6.45. The molecule has 2 N–H and O–H groups in total. The second-order valence-corrected chi connectivity index (χ2v) is 9.73. The van der Waals surface area contributed by atoms with Gasteiger partial charge in [0.2, 0.25) is 0 Å². The molecule has 0 bridgehead atoms. The van der Waals surface area contributed by atoms with E-state index in [1.807, 2.05) is 11.1 Å². The Morgan fingerprint density at radius 3 is 2.91 bits per heavy atom. The van der Waals surface area contributed by atoms with Gasteiger partial charge in [0.1, 0.15) is 11.8 Å². The molecule has 3 aromatic rings. The number of benzene rings is 1. The van der Waals surface area contributed by atoms with Crippen molar-refractivity contribution < 1.29 is 13.9 Å². The van der Waals surface area contributed by atoms with Gasteiger partial charge in [-0.25, -0.2) is 14.2 Å². The van der Waals surface area contributed by atoms with E-state index < -0.39 is 6.17 Å². The van der Waals surface area contributed by atoms with Gasteiger partial charge in [0, 0.05) is 49.5 Å². The van der Waals surface area contributed by atoms with E-state index >= 15 is 0 Å². The Morgan fingerprint density at radius 2 is 2.12 bits per heavy atom. The average molecular weight is 484 g/mol. The van der Waals surface area contributed by atoms with Crippen LogP contribution in [0, 0.1) is 0 Å². The van der Waals surface area contributed by atoms with Crippen LogP contribution in [0.25, 0.3) is 22.2 Å². The molecule has 0 saturated carbocycles. The summed E-state index contributed by atoms with van der Waals surface area (Å²) in [7, 11) is 0. The number of alkyl halides is 1. The lowest BCUT2D eigenvalue weighted by molar-refractivity contribution is 0.0762. The number of hydrogen-bond donors (Lipinski definition) is 2. The molecular formula is C25H27ClFN5O2. The van der Waals surface area contributed by atoms with Gasteiger partial charge in [0.25, 0.3) is 0 Å². The van der Waals surface area contributed by atoms with Crippen LogP contribution < -0.4 is 5.32 Å². The van der Waals surface area contributed by atoms with E-state index in [2.05, 4.69) is 33.5 Å². The second-order valence-electron chi connectivity index (χ2n) is 9.33. The van der Waals surface area contributed by atoms with Crippen LogP contribution in [0.4, 0.5) is 9.18 Å². The number of urea groups is 1. The number of hydrogen-bond acceptors (Lipinski definition) is 4. The molecule has 0 radical (unpaired) electrons. The number of carbonyl (C=O) groups excluding carboxylic acids is 1. The van der Waals surface area contributed by atoms with E-state index in [-0.39, 0.29) is 18.6 Å². The number of likely N-dealkylation sites (tertiary alicyclic amines) is 1. The van der Waals surface area contributed by atoms with Crippen LogP contribution in [0.15, 0.2) is 30.6 Å². The van der Waals surface area contributed by atoms with Crippen molar-refractivity contribution in [3.63, 3.8) is 0 Å².